The summed E-state index contributed by atoms with van der Waals surface area (Å²) in [7, 11) is 0. The second-order valence-electron chi connectivity index (χ2n) is 5.91. The van der Waals surface area contributed by atoms with Crippen LogP contribution in [0.25, 0.3) is 6.08 Å². The Bertz CT molecular complexity index is 1100. The second-order valence-corrected chi connectivity index (χ2v) is 8.15. The molecule has 3 amide bonds. The fraction of sp³-hybridized carbons (Fsp3) is 0.0556. The largest absolute Gasteiger partial charge is 0.325 e. The van der Waals surface area contributed by atoms with Crippen LogP contribution < -0.4 is 5.32 Å². The zero-order chi connectivity index (χ0) is 22.0. The number of nitro groups is 1. The third-order valence-electron chi connectivity index (χ3n) is 3.85. The van der Waals surface area contributed by atoms with E-state index in [-0.39, 0.29) is 20.5 Å². The number of thioether (sulfide) groups is 1. The molecule has 0 unspecified atom stereocenters. The first-order valence-corrected chi connectivity index (χ1v) is 10.0. The van der Waals surface area contributed by atoms with Gasteiger partial charge in [-0.25, -0.2) is 0 Å². The van der Waals surface area contributed by atoms with Crippen LogP contribution >= 0.6 is 46.6 Å². The van der Waals surface area contributed by atoms with Crippen LogP contribution in [0.15, 0.2) is 41.3 Å². The molecular formula is C18H10Cl3N3O5S. The number of nitrogens with zero attached hydrogens (tertiary/aromatic N) is 2. The minimum absolute atomic E-state index is 0.0298. The number of amides is 3. The van der Waals surface area contributed by atoms with Crippen LogP contribution in [-0.4, -0.2) is 33.4 Å². The van der Waals surface area contributed by atoms with Gasteiger partial charge in [-0.3, -0.25) is 29.4 Å². The number of hydrogen-bond donors (Lipinski definition) is 1. The Labute approximate surface area is 188 Å². The lowest BCUT2D eigenvalue weighted by atomic mass is 10.2. The summed E-state index contributed by atoms with van der Waals surface area (Å²) in [6.45, 7) is -0.501. The van der Waals surface area contributed by atoms with Crippen molar-refractivity contribution in [3.8, 4) is 0 Å². The third kappa shape index (κ3) is 4.93. The van der Waals surface area contributed by atoms with E-state index < -0.39 is 34.2 Å². The molecule has 30 heavy (non-hydrogen) atoms. The van der Waals surface area contributed by atoms with Crippen LogP contribution in [0.2, 0.25) is 15.1 Å². The van der Waals surface area contributed by atoms with Gasteiger partial charge in [0.05, 0.1) is 9.83 Å². The van der Waals surface area contributed by atoms with Gasteiger partial charge in [-0.15, -0.1) is 0 Å². The number of carbonyl (C=O) groups excluding carboxylic acids is 3. The summed E-state index contributed by atoms with van der Waals surface area (Å²) < 4.78 is 0. The molecule has 0 aliphatic carbocycles. The van der Waals surface area contributed by atoms with E-state index in [1.165, 1.54) is 12.1 Å². The minimum Gasteiger partial charge on any atom is -0.325 e. The van der Waals surface area contributed by atoms with Crippen molar-refractivity contribution in [2.45, 2.75) is 0 Å². The number of carbonyl (C=O) groups is 3. The molecule has 1 fully saturated rings. The minimum atomic E-state index is -0.718. The molecule has 0 atom stereocenters. The highest BCUT2D eigenvalue weighted by Gasteiger charge is 2.36. The highest BCUT2D eigenvalue weighted by Crippen LogP contribution is 2.36. The van der Waals surface area contributed by atoms with Crippen molar-refractivity contribution in [3.63, 3.8) is 0 Å². The number of anilines is 1. The molecule has 0 saturated carbocycles. The zero-order valence-corrected chi connectivity index (χ0v) is 17.8. The molecule has 154 valence electrons. The van der Waals surface area contributed by atoms with Gasteiger partial charge in [-0.1, -0.05) is 34.8 Å². The van der Waals surface area contributed by atoms with E-state index >= 15 is 0 Å². The van der Waals surface area contributed by atoms with E-state index in [9.17, 15) is 24.5 Å². The topological polar surface area (TPSA) is 110 Å². The molecule has 2 aromatic carbocycles. The number of benzene rings is 2. The van der Waals surface area contributed by atoms with Crippen LogP contribution in [0.4, 0.5) is 16.2 Å². The highest BCUT2D eigenvalue weighted by molar-refractivity contribution is 8.18. The molecule has 2 aromatic rings. The van der Waals surface area contributed by atoms with E-state index in [2.05, 4.69) is 5.32 Å². The van der Waals surface area contributed by atoms with Crippen LogP contribution in [0.1, 0.15) is 5.56 Å². The quantitative estimate of drug-likeness (QED) is 0.352. The fourth-order valence-corrected chi connectivity index (χ4v) is 3.92. The van der Waals surface area contributed by atoms with Crippen molar-refractivity contribution in [1.82, 2.24) is 4.90 Å². The summed E-state index contributed by atoms with van der Waals surface area (Å²) in [6.07, 6.45) is 1.24. The van der Waals surface area contributed by atoms with Crippen molar-refractivity contribution in [2.24, 2.45) is 0 Å². The van der Waals surface area contributed by atoms with Crippen molar-refractivity contribution < 1.29 is 19.3 Å². The summed E-state index contributed by atoms with van der Waals surface area (Å²) >= 11 is 18.2. The predicted molar refractivity (Wildman–Crippen MR) is 116 cm³/mol. The molecule has 12 heteroatoms. The Balaban J connectivity index is 1.77. The lowest BCUT2D eigenvalue weighted by Crippen LogP contribution is -2.36. The van der Waals surface area contributed by atoms with Gasteiger partial charge in [0, 0.05) is 27.4 Å². The number of imide groups is 1. The molecule has 0 spiro atoms. The van der Waals surface area contributed by atoms with Crippen LogP contribution in [0.5, 0.6) is 0 Å². The predicted octanol–water partition coefficient (Wildman–Crippen LogP) is 5.23. The first-order valence-electron chi connectivity index (χ1n) is 8.10. The number of hydrogen-bond acceptors (Lipinski definition) is 6. The maximum absolute atomic E-state index is 12.6. The SMILES string of the molecule is O=C(CN1C(=O)S/C(=C/c2cc([N+](=O)[O-])c(Cl)cc2Cl)C1=O)Nc1ccc(Cl)cc1. The maximum atomic E-state index is 12.6. The van der Waals surface area contributed by atoms with E-state index in [0.29, 0.717) is 22.5 Å². The summed E-state index contributed by atoms with van der Waals surface area (Å²) in [5.74, 6) is -1.30. The highest BCUT2D eigenvalue weighted by atomic mass is 35.5. The molecule has 0 aromatic heterocycles. The maximum Gasteiger partial charge on any atom is 0.294 e. The average molecular weight is 487 g/mol. The lowest BCUT2D eigenvalue weighted by molar-refractivity contribution is -0.384. The molecule has 1 aliphatic heterocycles. The Morgan fingerprint density at radius 1 is 1.13 bits per heavy atom. The molecule has 8 nitrogen and oxygen atoms in total. The van der Waals surface area contributed by atoms with Gasteiger partial charge in [0.1, 0.15) is 11.6 Å². The Morgan fingerprint density at radius 3 is 2.43 bits per heavy atom. The number of rotatable bonds is 5. The Kier molecular flexibility index (Phi) is 6.67. The third-order valence-corrected chi connectivity index (χ3v) is 5.64. The molecule has 1 heterocycles. The number of nitro benzene ring substituents is 1. The molecule has 1 saturated heterocycles. The molecule has 1 aliphatic rings. The lowest BCUT2D eigenvalue weighted by Gasteiger charge is -2.12. The number of nitrogens with one attached hydrogen (secondary N) is 1. The standard InChI is InChI=1S/C18H10Cl3N3O5S/c19-10-1-3-11(4-2-10)22-16(25)8-23-17(26)15(30-18(23)27)6-9-5-14(24(28)29)13(21)7-12(9)20/h1-7H,8H2,(H,22,25)/b15-6+. The monoisotopic (exact) mass is 485 g/mol. The van der Waals surface area contributed by atoms with Gasteiger partial charge in [0.15, 0.2) is 0 Å². The number of halogens is 3. The zero-order valence-electron chi connectivity index (χ0n) is 14.7. The Morgan fingerprint density at radius 2 is 1.80 bits per heavy atom. The van der Waals surface area contributed by atoms with Gasteiger partial charge >= 0.3 is 0 Å². The molecule has 3 rings (SSSR count). The van der Waals surface area contributed by atoms with Crippen molar-refractivity contribution >= 4 is 81.1 Å². The summed E-state index contributed by atoms with van der Waals surface area (Å²) in [4.78, 5) is 48.1. The smallest absolute Gasteiger partial charge is 0.294 e. The van der Waals surface area contributed by atoms with Gasteiger partial charge < -0.3 is 5.32 Å². The second kappa shape index (κ2) is 9.05. The molecule has 0 radical (unpaired) electrons. The van der Waals surface area contributed by atoms with Gasteiger partial charge in [0.25, 0.3) is 16.8 Å². The van der Waals surface area contributed by atoms with Crippen molar-refractivity contribution in [1.29, 1.82) is 0 Å². The van der Waals surface area contributed by atoms with Gasteiger partial charge in [-0.2, -0.15) is 0 Å². The van der Waals surface area contributed by atoms with Gasteiger partial charge in [-0.05, 0) is 48.2 Å². The summed E-state index contributed by atoms with van der Waals surface area (Å²) in [5, 5.41) is 13.4. The molecule has 1 N–H and O–H groups in total. The molecular weight excluding hydrogens is 477 g/mol. The van der Waals surface area contributed by atoms with E-state index in [1.807, 2.05) is 0 Å². The fourth-order valence-electron chi connectivity index (χ4n) is 2.46. The first kappa shape index (κ1) is 22.1. The molecule has 0 bridgehead atoms. The Hall–Kier alpha value is -2.59. The van der Waals surface area contributed by atoms with Crippen LogP contribution in [0.3, 0.4) is 0 Å². The van der Waals surface area contributed by atoms with E-state index in [0.717, 1.165) is 11.0 Å². The van der Waals surface area contributed by atoms with Gasteiger partial charge in [0.2, 0.25) is 5.91 Å². The first-order chi connectivity index (χ1) is 14.2. The van der Waals surface area contributed by atoms with E-state index in [4.69, 9.17) is 34.8 Å². The normalized spacial score (nSPS) is 15.0. The summed E-state index contributed by atoms with van der Waals surface area (Å²) in [6, 6.07) is 8.58. The average Bonchev–Trinajstić information content (AvgIpc) is 2.93. The summed E-state index contributed by atoms with van der Waals surface area (Å²) in [5.41, 5.74) is 0.199. The van der Waals surface area contributed by atoms with Crippen molar-refractivity contribution in [2.75, 3.05) is 11.9 Å². The van der Waals surface area contributed by atoms with Crippen molar-refractivity contribution in [3.05, 3.63) is 72.0 Å². The van der Waals surface area contributed by atoms with E-state index in [1.54, 1.807) is 24.3 Å². The van der Waals surface area contributed by atoms with Crippen LogP contribution in [-0.2, 0) is 9.59 Å². The van der Waals surface area contributed by atoms with Crippen LogP contribution in [0, 0.1) is 10.1 Å².